The SMILES string of the molecule is Nc1ccc(OCCn2cnc3c(N)ncnc32)cc1. The highest BCUT2D eigenvalue weighted by Crippen LogP contribution is 2.15. The summed E-state index contributed by atoms with van der Waals surface area (Å²) in [6, 6.07) is 7.27. The average Bonchev–Trinajstić information content (AvgIpc) is 2.86. The van der Waals surface area contributed by atoms with Crippen molar-refractivity contribution in [1.82, 2.24) is 19.5 Å². The standard InChI is InChI=1S/C13H14N6O/c14-9-1-3-10(4-2-9)20-6-5-19-8-18-11-12(15)16-7-17-13(11)19/h1-4,7-8H,5-6,14H2,(H2,15,16,17). The minimum absolute atomic E-state index is 0.383. The molecule has 7 nitrogen and oxygen atoms in total. The van der Waals surface area contributed by atoms with Gasteiger partial charge in [-0.1, -0.05) is 0 Å². The van der Waals surface area contributed by atoms with Gasteiger partial charge in [0.2, 0.25) is 0 Å². The van der Waals surface area contributed by atoms with Crippen molar-refractivity contribution in [2.75, 3.05) is 18.1 Å². The van der Waals surface area contributed by atoms with Crippen LogP contribution in [0, 0.1) is 0 Å². The second-order valence-electron chi connectivity index (χ2n) is 4.29. The largest absolute Gasteiger partial charge is 0.492 e. The highest BCUT2D eigenvalue weighted by Gasteiger charge is 2.07. The van der Waals surface area contributed by atoms with E-state index in [1.54, 1.807) is 18.5 Å². The molecule has 0 aliphatic rings. The fraction of sp³-hybridized carbons (Fsp3) is 0.154. The molecular weight excluding hydrogens is 256 g/mol. The Hall–Kier alpha value is -2.83. The van der Waals surface area contributed by atoms with E-state index in [2.05, 4.69) is 15.0 Å². The quantitative estimate of drug-likeness (QED) is 0.687. The van der Waals surface area contributed by atoms with Gasteiger partial charge in [0.25, 0.3) is 0 Å². The molecule has 0 atom stereocenters. The molecule has 0 aliphatic carbocycles. The van der Waals surface area contributed by atoms with Gasteiger partial charge in [-0.05, 0) is 24.3 Å². The topological polar surface area (TPSA) is 105 Å². The molecule has 0 unspecified atom stereocenters. The first kappa shape index (κ1) is 12.2. The Bertz CT molecular complexity index is 721. The van der Waals surface area contributed by atoms with Crippen molar-refractivity contribution in [2.24, 2.45) is 0 Å². The summed E-state index contributed by atoms with van der Waals surface area (Å²) in [5.74, 6) is 1.16. The van der Waals surface area contributed by atoms with Gasteiger partial charge < -0.3 is 20.8 Å². The maximum absolute atomic E-state index is 5.73. The number of hydrogen-bond donors (Lipinski definition) is 2. The van der Waals surface area contributed by atoms with E-state index in [4.69, 9.17) is 16.2 Å². The molecule has 0 saturated carbocycles. The number of fused-ring (bicyclic) bond motifs is 1. The van der Waals surface area contributed by atoms with E-state index in [1.807, 2.05) is 16.7 Å². The van der Waals surface area contributed by atoms with Crippen molar-refractivity contribution in [3.05, 3.63) is 36.9 Å². The zero-order valence-electron chi connectivity index (χ0n) is 10.7. The van der Waals surface area contributed by atoms with Crippen LogP contribution in [0.4, 0.5) is 11.5 Å². The lowest BCUT2D eigenvalue weighted by molar-refractivity contribution is 0.300. The molecule has 2 heterocycles. The minimum atomic E-state index is 0.383. The zero-order valence-corrected chi connectivity index (χ0v) is 10.7. The van der Waals surface area contributed by atoms with Gasteiger partial charge in [0.15, 0.2) is 11.5 Å². The van der Waals surface area contributed by atoms with Gasteiger partial charge in [-0.15, -0.1) is 0 Å². The monoisotopic (exact) mass is 270 g/mol. The van der Waals surface area contributed by atoms with E-state index in [0.29, 0.717) is 35.8 Å². The van der Waals surface area contributed by atoms with Crippen LogP contribution in [0.25, 0.3) is 11.2 Å². The second kappa shape index (κ2) is 5.04. The maximum Gasteiger partial charge on any atom is 0.165 e. The molecule has 2 aromatic heterocycles. The van der Waals surface area contributed by atoms with E-state index in [0.717, 1.165) is 5.75 Å². The first-order valence-electron chi connectivity index (χ1n) is 6.13. The van der Waals surface area contributed by atoms with E-state index < -0.39 is 0 Å². The minimum Gasteiger partial charge on any atom is -0.492 e. The number of nitrogens with two attached hydrogens (primary N) is 2. The third-order valence-electron chi connectivity index (χ3n) is 2.91. The smallest absolute Gasteiger partial charge is 0.165 e. The summed E-state index contributed by atoms with van der Waals surface area (Å²) >= 11 is 0. The highest BCUT2D eigenvalue weighted by atomic mass is 16.5. The molecule has 3 rings (SSSR count). The number of imidazole rings is 1. The van der Waals surface area contributed by atoms with Crippen LogP contribution in [0.2, 0.25) is 0 Å². The molecule has 0 fully saturated rings. The summed E-state index contributed by atoms with van der Waals surface area (Å²) in [6.07, 6.45) is 3.11. The molecule has 0 amide bonds. The molecule has 102 valence electrons. The number of nitrogens with zero attached hydrogens (tertiary/aromatic N) is 4. The molecule has 7 heteroatoms. The van der Waals surface area contributed by atoms with Crippen LogP contribution in [0.1, 0.15) is 0 Å². The van der Waals surface area contributed by atoms with Gasteiger partial charge in [0, 0.05) is 5.69 Å². The normalized spacial score (nSPS) is 10.8. The molecule has 0 bridgehead atoms. The molecule has 0 spiro atoms. The van der Waals surface area contributed by atoms with Gasteiger partial charge >= 0.3 is 0 Å². The molecule has 0 aliphatic heterocycles. The van der Waals surface area contributed by atoms with Crippen molar-refractivity contribution in [3.63, 3.8) is 0 Å². The van der Waals surface area contributed by atoms with Crippen LogP contribution >= 0.6 is 0 Å². The first-order valence-corrected chi connectivity index (χ1v) is 6.13. The first-order chi connectivity index (χ1) is 9.74. The average molecular weight is 270 g/mol. The van der Waals surface area contributed by atoms with Crippen molar-refractivity contribution in [2.45, 2.75) is 6.54 Å². The number of rotatable bonds is 4. The molecule has 0 radical (unpaired) electrons. The lowest BCUT2D eigenvalue weighted by Gasteiger charge is -2.07. The summed E-state index contributed by atoms with van der Waals surface area (Å²) in [4.78, 5) is 12.3. The number of hydrogen-bond acceptors (Lipinski definition) is 6. The van der Waals surface area contributed by atoms with Crippen LogP contribution in [0.3, 0.4) is 0 Å². The molecule has 20 heavy (non-hydrogen) atoms. The van der Waals surface area contributed by atoms with Gasteiger partial charge in [0.1, 0.15) is 24.2 Å². The Morgan fingerprint density at radius 1 is 1.05 bits per heavy atom. The number of ether oxygens (including phenoxy) is 1. The lowest BCUT2D eigenvalue weighted by Crippen LogP contribution is -2.08. The summed E-state index contributed by atoms with van der Waals surface area (Å²) in [5.41, 5.74) is 13.4. The van der Waals surface area contributed by atoms with Crippen LogP contribution < -0.4 is 16.2 Å². The third-order valence-corrected chi connectivity index (χ3v) is 2.91. The van der Waals surface area contributed by atoms with Crippen molar-refractivity contribution < 1.29 is 4.74 Å². The van der Waals surface area contributed by atoms with E-state index in [1.165, 1.54) is 6.33 Å². The zero-order chi connectivity index (χ0) is 13.9. The predicted molar refractivity (Wildman–Crippen MR) is 76.1 cm³/mol. The fourth-order valence-electron chi connectivity index (χ4n) is 1.89. The van der Waals surface area contributed by atoms with Crippen molar-refractivity contribution in [1.29, 1.82) is 0 Å². The summed E-state index contributed by atoms with van der Waals surface area (Å²) < 4.78 is 7.51. The molecule has 1 aromatic carbocycles. The molecular formula is C13H14N6O. The Labute approximate surface area is 115 Å². The number of anilines is 2. The molecule has 0 saturated heterocycles. The summed E-state index contributed by atoms with van der Waals surface area (Å²) in [5, 5.41) is 0. The van der Waals surface area contributed by atoms with Crippen molar-refractivity contribution in [3.8, 4) is 5.75 Å². The summed E-state index contributed by atoms with van der Waals surface area (Å²) in [6.45, 7) is 1.12. The Morgan fingerprint density at radius 3 is 2.65 bits per heavy atom. The van der Waals surface area contributed by atoms with Gasteiger partial charge in [-0.2, -0.15) is 0 Å². The van der Waals surface area contributed by atoms with E-state index in [-0.39, 0.29) is 0 Å². The number of nitrogen functional groups attached to an aromatic ring is 2. The molecule has 3 aromatic rings. The fourth-order valence-corrected chi connectivity index (χ4v) is 1.89. The highest BCUT2D eigenvalue weighted by molar-refractivity contribution is 5.81. The predicted octanol–water partition coefficient (Wildman–Crippen LogP) is 1.07. The summed E-state index contributed by atoms with van der Waals surface area (Å²) in [7, 11) is 0. The van der Waals surface area contributed by atoms with Gasteiger partial charge in [0.05, 0.1) is 12.9 Å². The number of aromatic nitrogens is 4. The molecule has 4 N–H and O–H groups in total. The maximum atomic E-state index is 5.73. The Kier molecular flexibility index (Phi) is 3.08. The van der Waals surface area contributed by atoms with Gasteiger partial charge in [-0.25, -0.2) is 15.0 Å². The van der Waals surface area contributed by atoms with E-state index >= 15 is 0 Å². The number of benzene rings is 1. The lowest BCUT2D eigenvalue weighted by atomic mass is 10.3. The second-order valence-corrected chi connectivity index (χ2v) is 4.29. The Morgan fingerprint density at radius 2 is 1.85 bits per heavy atom. The van der Waals surface area contributed by atoms with E-state index in [9.17, 15) is 0 Å². The van der Waals surface area contributed by atoms with Gasteiger partial charge in [-0.3, -0.25) is 0 Å². The van der Waals surface area contributed by atoms with Crippen LogP contribution in [0.5, 0.6) is 5.75 Å². The van der Waals surface area contributed by atoms with Crippen molar-refractivity contribution >= 4 is 22.7 Å². The van der Waals surface area contributed by atoms with Crippen LogP contribution in [0.15, 0.2) is 36.9 Å². The van der Waals surface area contributed by atoms with Crippen LogP contribution in [-0.2, 0) is 6.54 Å². The Balaban J connectivity index is 1.68. The third kappa shape index (κ3) is 2.33. The van der Waals surface area contributed by atoms with Crippen LogP contribution in [-0.4, -0.2) is 26.1 Å².